The molecule has 1 amide bonds. The van der Waals surface area contributed by atoms with E-state index in [1.165, 1.54) is 0 Å². The third-order valence-electron chi connectivity index (χ3n) is 4.03. The highest BCUT2D eigenvalue weighted by Gasteiger charge is 2.27. The molecule has 0 bridgehead atoms. The predicted octanol–water partition coefficient (Wildman–Crippen LogP) is 2.19. The largest absolute Gasteiger partial charge is 0.336 e. The van der Waals surface area contributed by atoms with Crippen LogP contribution in [0.4, 0.5) is 5.82 Å². The summed E-state index contributed by atoms with van der Waals surface area (Å²) in [6, 6.07) is 3.89. The highest BCUT2D eigenvalue weighted by Crippen LogP contribution is 2.24. The van der Waals surface area contributed by atoms with Gasteiger partial charge in [0.2, 0.25) is 0 Å². The zero-order valence-corrected chi connectivity index (χ0v) is 12.5. The minimum Gasteiger partial charge on any atom is -0.336 e. The lowest BCUT2D eigenvalue weighted by molar-refractivity contribution is 0.0588. The van der Waals surface area contributed by atoms with E-state index in [0.29, 0.717) is 23.3 Å². The molecule has 5 heteroatoms. The fourth-order valence-corrected chi connectivity index (χ4v) is 2.84. The van der Waals surface area contributed by atoms with Crippen LogP contribution in [0, 0.1) is 5.92 Å². The van der Waals surface area contributed by atoms with Crippen LogP contribution >= 0.6 is 0 Å². The van der Waals surface area contributed by atoms with Crippen molar-refractivity contribution in [3.63, 3.8) is 0 Å². The first-order valence-electron chi connectivity index (χ1n) is 7.33. The number of pyridine rings is 1. The van der Waals surface area contributed by atoms with Gasteiger partial charge in [-0.2, -0.15) is 0 Å². The third-order valence-corrected chi connectivity index (χ3v) is 4.03. The molecule has 5 nitrogen and oxygen atoms in total. The van der Waals surface area contributed by atoms with Gasteiger partial charge in [0.25, 0.3) is 5.91 Å². The molecule has 1 aromatic heterocycles. The van der Waals surface area contributed by atoms with Crippen LogP contribution in [0.1, 0.15) is 49.7 Å². The Kier molecular flexibility index (Phi) is 4.60. The Morgan fingerprint density at radius 1 is 1.50 bits per heavy atom. The molecule has 1 aromatic rings. The third kappa shape index (κ3) is 3.10. The smallest absolute Gasteiger partial charge is 0.254 e. The van der Waals surface area contributed by atoms with E-state index < -0.39 is 0 Å². The summed E-state index contributed by atoms with van der Waals surface area (Å²) in [5.41, 5.74) is 4.09. The number of amides is 1. The summed E-state index contributed by atoms with van der Waals surface area (Å²) >= 11 is 0. The lowest BCUT2D eigenvalue weighted by Gasteiger charge is -2.36. The van der Waals surface area contributed by atoms with E-state index in [1.807, 2.05) is 17.9 Å². The van der Waals surface area contributed by atoms with Crippen LogP contribution < -0.4 is 11.3 Å². The van der Waals surface area contributed by atoms with E-state index in [2.05, 4.69) is 24.3 Å². The van der Waals surface area contributed by atoms with E-state index in [1.54, 1.807) is 6.07 Å². The second-order valence-corrected chi connectivity index (χ2v) is 5.71. The number of aromatic nitrogens is 1. The van der Waals surface area contributed by atoms with Crippen LogP contribution in [0.25, 0.3) is 0 Å². The highest BCUT2D eigenvalue weighted by atomic mass is 16.2. The Balaban J connectivity index is 2.24. The van der Waals surface area contributed by atoms with Crippen molar-refractivity contribution in [2.75, 3.05) is 12.0 Å². The number of hydrazine groups is 1. The fraction of sp³-hybridized carbons (Fsp3) is 0.600. The quantitative estimate of drug-likeness (QED) is 0.656. The number of carbonyl (C=O) groups excluding carboxylic acids is 1. The Morgan fingerprint density at radius 3 is 2.85 bits per heavy atom. The van der Waals surface area contributed by atoms with Gasteiger partial charge < -0.3 is 10.3 Å². The molecule has 2 rings (SSSR count). The summed E-state index contributed by atoms with van der Waals surface area (Å²) < 4.78 is 0. The maximum Gasteiger partial charge on any atom is 0.254 e. The maximum atomic E-state index is 12.7. The first-order chi connectivity index (χ1) is 9.55. The van der Waals surface area contributed by atoms with Crippen LogP contribution in [0.2, 0.25) is 0 Å². The Labute approximate surface area is 120 Å². The monoisotopic (exact) mass is 276 g/mol. The molecule has 0 radical (unpaired) electrons. The van der Waals surface area contributed by atoms with Crippen molar-refractivity contribution >= 4 is 11.7 Å². The van der Waals surface area contributed by atoms with Crippen LogP contribution in [-0.4, -0.2) is 28.4 Å². The van der Waals surface area contributed by atoms with Gasteiger partial charge in [0.1, 0.15) is 5.82 Å². The number of nitrogen functional groups attached to an aromatic ring is 1. The molecule has 1 fully saturated rings. The number of nitrogens with zero attached hydrogens (tertiary/aromatic N) is 2. The van der Waals surface area contributed by atoms with Gasteiger partial charge in [0.05, 0.1) is 0 Å². The molecule has 20 heavy (non-hydrogen) atoms. The average Bonchev–Trinajstić information content (AvgIpc) is 2.46. The summed E-state index contributed by atoms with van der Waals surface area (Å²) in [4.78, 5) is 19.0. The normalized spacial score (nSPS) is 22.7. The van der Waals surface area contributed by atoms with Crippen molar-refractivity contribution < 1.29 is 4.79 Å². The summed E-state index contributed by atoms with van der Waals surface area (Å²) in [7, 11) is 0. The standard InChI is InChI=1S/C15H24N4O/c1-4-13-8-12(9-14(17-13)18-16)15(20)19-6-5-10(2)7-11(19)3/h8-11H,4-7,16H2,1-3H3,(H,17,18). The zero-order chi connectivity index (χ0) is 14.7. The predicted molar refractivity (Wildman–Crippen MR) is 80.3 cm³/mol. The number of likely N-dealkylation sites (tertiary alicyclic amines) is 1. The molecule has 1 saturated heterocycles. The van der Waals surface area contributed by atoms with Gasteiger partial charge in [-0.3, -0.25) is 4.79 Å². The topological polar surface area (TPSA) is 71.2 Å². The van der Waals surface area contributed by atoms with Crippen molar-refractivity contribution in [2.24, 2.45) is 11.8 Å². The summed E-state index contributed by atoms with van der Waals surface area (Å²) in [6.45, 7) is 7.21. The van der Waals surface area contributed by atoms with Gasteiger partial charge in [0.15, 0.2) is 0 Å². The van der Waals surface area contributed by atoms with Crippen molar-refractivity contribution in [1.29, 1.82) is 0 Å². The zero-order valence-electron chi connectivity index (χ0n) is 12.5. The van der Waals surface area contributed by atoms with E-state index in [4.69, 9.17) is 5.84 Å². The van der Waals surface area contributed by atoms with Gasteiger partial charge in [-0.05, 0) is 44.2 Å². The molecule has 1 aliphatic rings. The number of nitrogens with two attached hydrogens (primary N) is 1. The number of nitrogens with one attached hydrogen (secondary N) is 1. The summed E-state index contributed by atoms with van der Waals surface area (Å²) in [6.07, 6.45) is 2.92. The average molecular weight is 276 g/mol. The number of anilines is 1. The van der Waals surface area contributed by atoms with Gasteiger partial charge in [0, 0.05) is 23.8 Å². The van der Waals surface area contributed by atoms with Crippen molar-refractivity contribution in [1.82, 2.24) is 9.88 Å². The minimum absolute atomic E-state index is 0.0815. The molecule has 3 N–H and O–H groups in total. The van der Waals surface area contributed by atoms with E-state index in [0.717, 1.165) is 31.5 Å². The van der Waals surface area contributed by atoms with E-state index >= 15 is 0 Å². The molecule has 2 unspecified atom stereocenters. The van der Waals surface area contributed by atoms with E-state index in [-0.39, 0.29) is 5.91 Å². The first kappa shape index (κ1) is 14.8. The molecule has 110 valence electrons. The second-order valence-electron chi connectivity index (χ2n) is 5.71. The van der Waals surface area contributed by atoms with Crippen LogP contribution in [-0.2, 0) is 6.42 Å². The van der Waals surface area contributed by atoms with Gasteiger partial charge in [-0.1, -0.05) is 13.8 Å². The SMILES string of the molecule is CCc1cc(C(=O)N2CCC(C)CC2C)cc(NN)n1. The summed E-state index contributed by atoms with van der Waals surface area (Å²) in [5.74, 6) is 6.75. The van der Waals surface area contributed by atoms with Crippen molar-refractivity contribution in [2.45, 2.75) is 46.1 Å². The lowest BCUT2D eigenvalue weighted by atomic mass is 9.93. The first-order valence-corrected chi connectivity index (χ1v) is 7.33. The fourth-order valence-electron chi connectivity index (χ4n) is 2.84. The number of aryl methyl sites for hydroxylation is 1. The number of hydrogen-bond donors (Lipinski definition) is 2. The van der Waals surface area contributed by atoms with Crippen molar-refractivity contribution in [3.05, 3.63) is 23.4 Å². The van der Waals surface area contributed by atoms with E-state index in [9.17, 15) is 4.79 Å². The minimum atomic E-state index is 0.0815. The Morgan fingerprint density at radius 2 is 2.25 bits per heavy atom. The molecule has 1 aliphatic heterocycles. The molecular weight excluding hydrogens is 252 g/mol. The number of rotatable bonds is 3. The highest BCUT2D eigenvalue weighted by molar-refractivity contribution is 5.95. The second kappa shape index (κ2) is 6.22. The van der Waals surface area contributed by atoms with Crippen molar-refractivity contribution in [3.8, 4) is 0 Å². The van der Waals surface area contributed by atoms with Gasteiger partial charge in [-0.15, -0.1) is 0 Å². The maximum absolute atomic E-state index is 12.7. The molecule has 0 saturated carbocycles. The van der Waals surface area contributed by atoms with Gasteiger partial charge in [-0.25, -0.2) is 10.8 Å². The van der Waals surface area contributed by atoms with Crippen LogP contribution in [0.15, 0.2) is 12.1 Å². The number of piperidine rings is 1. The molecule has 0 spiro atoms. The molecule has 2 atom stereocenters. The molecule has 0 aromatic carbocycles. The Bertz CT molecular complexity index is 467. The number of hydrogen-bond acceptors (Lipinski definition) is 4. The Hall–Kier alpha value is -1.62. The van der Waals surface area contributed by atoms with Crippen LogP contribution in [0.3, 0.4) is 0 Å². The number of carbonyl (C=O) groups is 1. The molecule has 0 aliphatic carbocycles. The lowest BCUT2D eigenvalue weighted by Crippen LogP contribution is -2.44. The van der Waals surface area contributed by atoms with Gasteiger partial charge >= 0.3 is 0 Å². The van der Waals surface area contributed by atoms with Crippen LogP contribution in [0.5, 0.6) is 0 Å². The summed E-state index contributed by atoms with van der Waals surface area (Å²) in [5, 5.41) is 0. The molecule has 2 heterocycles. The molecular formula is C15H24N4O.